The molecule has 0 aromatic heterocycles. The number of aromatic hydroxyl groups is 1. The van der Waals surface area contributed by atoms with Gasteiger partial charge in [0.1, 0.15) is 5.75 Å². The van der Waals surface area contributed by atoms with Gasteiger partial charge in [-0.3, -0.25) is 4.79 Å². The second kappa shape index (κ2) is 3.69. The molecular weight excluding hydrogens is 222 g/mol. The summed E-state index contributed by atoms with van der Waals surface area (Å²) in [6.45, 7) is -0.0881. The van der Waals surface area contributed by atoms with Crippen LogP contribution in [0.3, 0.4) is 0 Å². The number of halogens is 1. The fourth-order valence-corrected chi connectivity index (χ4v) is 1.20. The lowest BCUT2D eigenvalue weighted by atomic mass is 10.1. The Labute approximate surface area is 78.3 Å². The highest BCUT2D eigenvalue weighted by molar-refractivity contribution is 9.10. The molecule has 4 heteroatoms. The van der Waals surface area contributed by atoms with E-state index in [1.54, 1.807) is 6.07 Å². The van der Waals surface area contributed by atoms with Crippen LogP contribution in [0.15, 0.2) is 22.7 Å². The van der Waals surface area contributed by atoms with E-state index in [1.165, 1.54) is 12.1 Å². The molecule has 0 aliphatic carbocycles. The molecule has 1 aromatic rings. The van der Waals surface area contributed by atoms with Gasteiger partial charge in [-0.2, -0.15) is 0 Å². The van der Waals surface area contributed by atoms with Crippen LogP contribution < -0.4 is 5.73 Å². The normalized spacial score (nSPS) is 9.83. The van der Waals surface area contributed by atoms with E-state index in [0.29, 0.717) is 0 Å². The van der Waals surface area contributed by atoms with Gasteiger partial charge in [0.15, 0.2) is 5.78 Å². The van der Waals surface area contributed by atoms with Crippen molar-refractivity contribution in [3.05, 3.63) is 28.2 Å². The van der Waals surface area contributed by atoms with E-state index in [1.807, 2.05) is 0 Å². The first kappa shape index (κ1) is 9.22. The first-order valence-electron chi connectivity index (χ1n) is 3.37. The van der Waals surface area contributed by atoms with Crippen molar-refractivity contribution in [3.8, 4) is 5.75 Å². The van der Waals surface area contributed by atoms with Crippen molar-refractivity contribution >= 4 is 21.7 Å². The molecule has 0 saturated carbocycles. The molecule has 1 rings (SSSR count). The third-order valence-electron chi connectivity index (χ3n) is 1.45. The quantitative estimate of drug-likeness (QED) is 0.752. The molecule has 3 N–H and O–H groups in total. The minimum atomic E-state index is -0.264. The van der Waals surface area contributed by atoms with Crippen molar-refractivity contribution in [1.29, 1.82) is 0 Å². The summed E-state index contributed by atoms with van der Waals surface area (Å²) in [5.74, 6) is -0.306. The summed E-state index contributed by atoms with van der Waals surface area (Å²) < 4.78 is 0.730. The predicted molar refractivity (Wildman–Crippen MR) is 49.2 cm³/mol. The second-order valence-corrected chi connectivity index (χ2v) is 3.20. The molecule has 0 saturated heterocycles. The molecular formula is C8H8BrNO2. The Balaban J connectivity index is 3.09. The van der Waals surface area contributed by atoms with Gasteiger partial charge >= 0.3 is 0 Å². The van der Waals surface area contributed by atoms with Crippen LogP contribution in [0.2, 0.25) is 0 Å². The van der Waals surface area contributed by atoms with E-state index >= 15 is 0 Å². The first-order valence-corrected chi connectivity index (χ1v) is 4.16. The second-order valence-electron chi connectivity index (χ2n) is 2.29. The van der Waals surface area contributed by atoms with Crippen LogP contribution in [-0.4, -0.2) is 17.4 Å². The number of benzene rings is 1. The zero-order valence-electron chi connectivity index (χ0n) is 6.25. The first-order chi connectivity index (χ1) is 5.65. The van der Waals surface area contributed by atoms with Crippen LogP contribution in [0.1, 0.15) is 10.4 Å². The summed E-state index contributed by atoms with van der Waals surface area (Å²) in [6.07, 6.45) is 0. The van der Waals surface area contributed by atoms with Crippen molar-refractivity contribution in [2.75, 3.05) is 6.54 Å². The summed E-state index contributed by atoms with van der Waals surface area (Å²) >= 11 is 3.16. The number of carbonyl (C=O) groups excluding carboxylic acids is 1. The maximum Gasteiger partial charge on any atom is 0.180 e. The summed E-state index contributed by atoms with van der Waals surface area (Å²) in [6, 6.07) is 4.68. The van der Waals surface area contributed by atoms with Gasteiger partial charge in [0, 0.05) is 4.47 Å². The highest BCUT2D eigenvalue weighted by atomic mass is 79.9. The van der Waals surface area contributed by atoms with Crippen LogP contribution in [-0.2, 0) is 0 Å². The van der Waals surface area contributed by atoms with Gasteiger partial charge in [0.2, 0.25) is 0 Å². The van der Waals surface area contributed by atoms with Crippen LogP contribution in [0, 0.1) is 0 Å². The lowest BCUT2D eigenvalue weighted by Gasteiger charge is -2.01. The molecule has 0 atom stereocenters. The molecule has 0 spiro atoms. The monoisotopic (exact) mass is 229 g/mol. The zero-order valence-corrected chi connectivity index (χ0v) is 7.84. The number of phenols is 1. The molecule has 64 valence electrons. The van der Waals surface area contributed by atoms with Gasteiger partial charge in [-0.15, -0.1) is 0 Å². The molecule has 12 heavy (non-hydrogen) atoms. The molecule has 3 nitrogen and oxygen atoms in total. The van der Waals surface area contributed by atoms with E-state index < -0.39 is 0 Å². The Morgan fingerprint density at radius 2 is 2.25 bits per heavy atom. The molecule has 0 unspecified atom stereocenters. The van der Waals surface area contributed by atoms with Gasteiger partial charge in [-0.1, -0.05) is 15.9 Å². The van der Waals surface area contributed by atoms with Gasteiger partial charge in [0.25, 0.3) is 0 Å². The standard InChI is InChI=1S/C8H8BrNO2/c9-5-1-2-6(7(11)3-5)8(12)4-10/h1-3,11H,4,10H2. The molecule has 0 heterocycles. The SMILES string of the molecule is NCC(=O)c1ccc(Br)cc1O. The zero-order chi connectivity index (χ0) is 9.14. The summed E-state index contributed by atoms with van der Waals surface area (Å²) in [5, 5.41) is 9.29. The fourth-order valence-electron chi connectivity index (χ4n) is 0.851. The molecule has 1 aromatic carbocycles. The molecule has 0 fully saturated rings. The van der Waals surface area contributed by atoms with Gasteiger partial charge < -0.3 is 10.8 Å². The molecule has 0 radical (unpaired) electrons. The molecule has 0 aliphatic rings. The van der Waals surface area contributed by atoms with Crippen LogP contribution >= 0.6 is 15.9 Å². The summed E-state index contributed by atoms with van der Waals surface area (Å²) in [5.41, 5.74) is 5.40. The smallest absolute Gasteiger partial charge is 0.180 e. The Morgan fingerprint density at radius 3 is 2.75 bits per heavy atom. The van der Waals surface area contributed by atoms with Crippen LogP contribution in [0.25, 0.3) is 0 Å². The predicted octanol–water partition coefficient (Wildman–Crippen LogP) is 1.30. The number of nitrogens with two attached hydrogens (primary N) is 1. The van der Waals surface area contributed by atoms with Crippen molar-refractivity contribution in [2.24, 2.45) is 5.73 Å². The average Bonchev–Trinajstić information content (AvgIpc) is 2.03. The Morgan fingerprint density at radius 1 is 1.58 bits per heavy atom. The average molecular weight is 230 g/mol. The number of rotatable bonds is 2. The third-order valence-corrected chi connectivity index (χ3v) is 1.94. The van der Waals surface area contributed by atoms with E-state index in [0.717, 1.165) is 4.47 Å². The van der Waals surface area contributed by atoms with Crippen molar-refractivity contribution in [1.82, 2.24) is 0 Å². The number of Topliss-reactive ketones (excluding diaryl/α,β-unsaturated/α-hetero) is 1. The summed E-state index contributed by atoms with van der Waals surface area (Å²) in [7, 11) is 0. The number of phenolic OH excluding ortho intramolecular Hbond substituents is 1. The van der Waals surface area contributed by atoms with Gasteiger partial charge in [-0.05, 0) is 18.2 Å². The van der Waals surface area contributed by atoms with Gasteiger partial charge in [-0.25, -0.2) is 0 Å². The number of ketones is 1. The van der Waals surface area contributed by atoms with E-state index in [9.17, 15) is 9.90 Å². The fraction of sp³-hybridized carbons (Fsp3) is 0.125. The van der Waals surface area contributed by atoms with Crippen LogP contribution in [0.5, 0.6) is 5.75 Å². The van der Waals surface area contributed by atoms with E-state index in [2.05, 4.69) is 15.9 Å². The Bertz CT molecular complexity index is 312. The lowest BCUT2D eigenvalue weighted by Crippen LogP contribution is -2.13. The number of carbonyl (C=O) groups is 1. The number of hydrogen-bond acceptors (Lipinski definition) is 3. The maximum atomic E-state index is 11.0. The molecule has 0 bridgehead atoms. The molecule has 0 aliphatic heterocycles. The van der Waals surface area contributed by atoms with E-state index in [4.69, 9.17) is 5.73 Å². The lowest BCUT2D eigenvalue weighted by molar-refractivity contribution is 0.0999. The third kappa shape index (κ3) is 1.84. The number of hydrogen-bond donors (Lipinski definition) is 2. The largest absolute Gasteiger partial charge is 0.507 e. The minimum Gasteiger partial charge on any atom is -0.507 e. The maximum absolute atomic E-state index is 11.0. The highest BCUT2D eigenvalue weighted by Gasteiger charge is 2.08. The summed E-state index contributed by atoms with van der Waals surface area (Å²) in [4.78, 5) is 11.0. The minimum absolute atomic E-state index is 0.0418. The van der Waals surface area contributed by atoms with Crippen LogP contribution in [0.4, 0.5) is 0 Å². The Kier molecular flexibility index (Phi) is 2.83. The highest BCUT2D eigenvalue weighted by Crippen LogP contribution is 2.22. The Hall–Kier alpha value is -0.870. The van der Waals surface area contributed by atoms with Crippen molar-refractivity contribution in [3.63, 3.8) is 0 Å². The van der Waals surface area contributed by atoms with Crippen molar-refractivity contribution in [2.45, 2.75) is 0 Å². The van der Waals surface area contributed by atoms with Crippen molar-refractivity contribution < 1.29 is 9.90 Å². The molecule has 0 amide bonds. The van der Waals surface area contributed by atoms with E-state index in [-0.39, 0.29) is 23.6 Å². The van der Waals surface area contributed by atoms with Gasteiger partial charge in [0.05, 0.1) is 12.1 Å². The topological polar surface area (TPSA) is 63.3 Å².